The van der Waals surface area contributed by atoms with Gasteiger partial charge in [0.05, 0.1) is 21.3 Å². The Balaban J connectivity index is 1.55. The highest BCUT2D eigenvalue weighted by atomic mass is 35.5. The van der Waals surface area contributed by atoms with E-state index in [2.05, 4.69) is 10.5 Å². The third-order valence-corrected chi connectivity index (χ3v) is 4.83. The number of hydrogen-bond donors (Lipinski definition) is 1. The summed E-state index contributed by atoms with van der Waals surface area (Å²) in [6.07, 6.45) is 1.36. The van der Waals surface area contributed by atoms with E-state index >= 15 is 0 Å². The maximum Gasteiger partial charge on any atom is 0.277 e. The molecule has 2 aromatic carbocycles. The van der Waals surface area contributed by atoms with E-state index in [0.29, 0.717) is 42.9 Å². The molecule has 1 aromatic heterocycles. The number of carbonyl (C=O) groups is 1. The molecule has 0 aliphatic rings. The van der Waals surface area contributed by atoms with Gasteiger partial charge in [0, 0.05) is 10.6 Å². The summed E-state index contributed by atoms with van der Waals surface area (Å²) in [5.41, 5.74) is 2.99. The lowest BCUT2D eigenvalue weighted by Crippen LogP contribution is -2.24. The van der Waals surface area contributed by atoms with Gasteiger partial charge in [-0.15, -0.1) is 0 Å². The first kappa shape index (κ1) is 20.6. The molecular weight excluding hydrogens is 446 g/mol. The van der Waals surface area contributed by atoms with Crippen molar-refractivity contribution in [3.05, 3.63) is 74.4 Å². The van der Waals surface area contributed by atoms with E-state index in [9.17, 15) is 4.79 Å². The Hall–Kier alpha value is -2.18. The molecule has 0 atom stereocenters. The van der Waals surface area contributed by atoms with Crippen molar-refractivity contribution in [2.75, 3.05) is 6.61 Å². The molecule has 0 fully saturated rings. The minimum Gasteiger partial charge on any atom is -0.482 e. The summed E-state index contributed by atoms with van der Waals surface area (Å²) < 4.78 is 11.0. The van der Waals surface area contributed by atoms with Crippen LogP contribution in [0.4, 0.5) is 0 Å². The van der Waals surface area contributed by atoms with Crippen LogP contribution in [-0.4, -0.2) is 18.7 Å². The molecule has 0 aliphatic carbocycles. The molecule has 0 bridgehead atoms. The molecule has 0 saturated carbocycles. The van der Waals surface area contributed by atoms with Crippen molar-refractivity contribution in [3.8, 4) is 17.1 Å². The molecule has 1 heterocycles. The number of carbonyl (C=O) groups excluding carboxylic acids is 1. The van der Waals surface area contributed by atoms with Crippen LogP contribution >= 0.6 is 46.4 Å². The molecular formula is C19H12Cl4N2O3. The summed E-state index contributed by atoms with van der Waals surface area (Å²) in [4.78, 5) is 11.8. The maximum absolute atomic E-state index is 11.8. The van der Waals surface area contributed by atoms with Crippen molar-refractivity contribution in [1.82, 2.24) is 5.43 Å². The number of rotatable bonds is 6. The number of hydrazone groups is 1. The number of halogens is 4. The summed E-state index contributed by atoms with van der Waals surface area (Å²) in [6.45, 7) is -0.264. The lowest BCUT2D eigenvalue weighted by Gasteiger charge is -2.06. The fraction of sp³-hybridized carbons (Fsp3) is 0.0526. The fourth-order valence-electron chi connectivity index (χ4n) is 2.20. The van der Waals surface area contributed by atoms with E-state index in [4.69, 9.17) is 55.6 Å². The van der Waals surface area contributed by atoms with Crippen molar-refractivity contribution in [2.24, 2.45) is 5.10 Å². The van der Waals surface area contributed by atoms with Gasteiger partial charge in [0.2, 0.25) is 0 Å². The zero-order chi connectivity index (χ0) is 20.1. The first-order chi connectivity index (χ1) is 13.4. The number of furan rings is 1. The Morgan fingerprint density at radius 2 is 1.89 bits per heavy atom. The Labute approximate surface area is 180 Å². The first-order valence-corrected chi connectivity index (χ1v) is 9.39. The van der Waals surface area contributed by atoms with E-state index in [1.807, 2.05) is 0 Å². The van der Waals surface area contributed by atoms with Gasteiger partial charge in [-0.25, -0.2) is 5.43 Å². The molecule has 3 rings (SSSR count). The molecule has 5 nitrogen and oxygen atoms in total. The van der Waals surface area contributed by atoms with E-state index in [1.54, 1.807) is 42.5 Å². The van der Waals surface area contributed by atoms with Gasteiger partial charge in [0.25, 0.3) is 5.91 Å². The quantitative estimate of drug-likeness (QED) is 0.359. The lowest BCUT2D eigenvalue weighted by molar-refractivity contribution is -0.123. The zero-order valence-corrected chi connectivity index (χ0v) is 17.1. The van der Waals surface area contributed by atoms with Gasteiger partial charge in [-0.3, -0.25) is 4.79 Å². The van der Waals surface area contributed by atoms with Gasteiger partial charge >= 0.3 is 0 Å². The number of nitrogens with one attached hydrogen (secondary N) is 1. The van der Waals surface area contributed by atoms with Gasteiger partial charge < -0.3 is 9.15 Å². The second-order valence-electron chi connectivity index (χ2n) is 5.46. The van der Waals surface area contributed by atoms with Crippen LogP contribution in [0.1, 0.15) is 5.76 Å². The molecule has 0 radical (unpaired) electrons. The summed E-state index contributed by atoms with van der Waals surface area (Å²) in [6, 6.07) is 13.4. The molecule has 1 amide bonds. The van der Waals surface area contributed by atoms with Crippen molar-refractivity contribution in [1.29, 1.82) is 0 Å². The predicted molar refractivity (Wildman–Crippen MR) is 112 cm³/mol. The second-order valence-corrected chi connectivity index (χ2v) is 7.09. The van der Waals surface area contributed by atoms with Gasteiger partial charge in [-0.1, -0.05) is 52.5 Å². The number of benzene rings is 2. The van der Waals surface area contributed by atoms with Gasteiger partial charge in [-0.05, 0) is 42.5 Å². The molecule has 0 spiro atoms. The van der Waals surface area contributed by atoms with E-state index in [1.165, 1.54) is 12.3 Å². The summed E-state index contributed by atoms with van der Waals surface area (Å²) in [5.74, 6) is 0.834. The summed E-state index contributed by atoms with van der Waals surface area (Å²) in [5, 5.41) is 5.44. The van der Waals surface area contributed by atoms with E-state index < -0.39 is 5.91 Å². The number of ether oxygens (including phenoxy) is 1. The molecule has 1 N–H and O–H groups in total. The van der Waals surface area contributed by atoms with Gasteiger partial charge in [0.15, 0.2) is 6.61 Å². The van der Waals surface area contributed by atoms with E-state index in [0.717, 1.165) is 0 Å². The van der Waals surface area contributed by atoms with Gasteiger partial charge in [0.1, 0.15) is 17.3 Å². The van der Waals surface area contributed by atoms with Crippen LogP contribution in [-0.2, 0) is 4.79 Å². The van der Waals surface area contributed by atoms with Crippen LogP contribution in [0.15, 0.2) is 58.0 Å². The average Bonchev–Trinajstić information content (AvgIpc) is 3.12. The van der Waals surface area contributed by atoms with E-state index in [-0.39, 0.29) is 6.61 Å². The van der Waals surface area contributed by atoms with Crippen LogP contribution in [0.2, 0.25) is 20.1 Å². The Kier molecular flexibility index (Phi) is 6.86. The molecule has 144 valence electrons. The maximum atomic E-state index is 11.8. The third-order valence-electron chi connectivity index (χ3n) is 3.48. The second kappa shape index (κ2) is 9.34. The smallest absolute Gasteiger partial charge is 0.277 e. The molecule has 28 heavy (non-hydrogen) atoms. The molecule has 0 aliphatic heterocycles. The SMILES string of the molecule is O=C(COc1ccc(Cl)cc1Cl)N/N=C\c1ccc(-c2cccc(Cl)c2Cl)o1. The number of hydrogen-bond acceptors (Lipinski definition) is 4. The normalized spacial score (nSPS) is 11.0. The lowest BCUT2D eigenvalue weighted by atomic mass is 10.2. The minimum atomic E-state index is -0.466. The Bertz CT molecular complexity index is 1030. The van der Waals surface area contributed by atoms with Crippen molar-refractivity contribution in [3.63, 3.8) is 0 Å². The predicted octanol–water partition coefficient (Wildman–Crippen LogP) is 6.09. The molecule has 3 aromatic rings. The van der Waals surface area contributed by atoms with Gasteiger partial charge in [-0.2, -0.15) is 5.10 Å². The molecule has 0 saturated heterocycles. The Morgan fingerprint density at radius 1 is 1.07 bits per heavy atom. The van der Waals surface area contributed by atoms with Crippen LogP contribution in [0, 0.1) is 0 Å². The largest absolute Gasteiger partial charge is 0.482 e. The van der Waals surface area contributed by atoms with Crippen LogP contribution in [0.3, 0.4) is 0 Å². The van der Waals surface area contributed by atoms with Crippen molar-refractivity contribution in [2.45, 2.75) is 0 Å². The zero-order valence-electron chi connectivity index (χ0n) is 14.1. The number of nitrogens with zero attached hydrogens (tertiary/aromatic N) is 1. The summed E-state index contributed by atoms with van der Waals surface area (Å²) >= 11 is 24.0. The highest BCUT2D eigenvalue weighted by molar-refractivity contribution is 6.43. The topological polar surface area (TPSA) is 63.8 Å². The average molecular weight is 458 g/mol. The third kappa shape index (κ3) is 5.20. The highest BCUT2D eigenvalue weighted by Crippen LogP contribution is 2.34. The first-order valence-electron chi connectivity index (χ1n) is 7.88. The van der Waals surface area contributed by atoms with Crippen LogP contribution < -0.4 is 10.2 Å². The minimum absolute atomic E-state index is 0.264. The highest BCUT2D eigenvalue weighted by Gasteiger charge is 2.10. The Morgan fingerprint density at radius 3 is 2.68 bits per heavy atom. The van der Waals surface area contributed by atoms with Crippen molar-refractivity contribution < 1.29 is 13.9 Å². The number of amides is 1. The monoisotopic (exact) mass is 456 g/mol. The molecule has 9 heteroatoms. The van der Waals surface area contributed by atoms with Crippen LogP contribution in [0.5, 0.6) is 5.75 Å². The summed E-state index contributed by atoms with van der Waals surface area (Å²) in [7, 11) is 0. The molecule has 0 unspecified atom stereocenters. The van der Waals surface area contributed by atoms with Crippen molar-refractivity contribution >= 4 is 58.5 Å². The standard InChI is InChI=1S/C19H12Cl4N2O3/c20-11-4-6-17(15(22)8-11)27-10-18(26)25-24-9-12-5-7-16(28-12)13-2-1-3-14(21)19(13)23/h1-9H,10H2,(H,25,26)/b24-9-. The van der Waals surface area contributed by atoms with Crippen LogP contribution in [0.25, 0.3) is 11.3 Å². The fourth-order valence-corrected chi connectivity index (χ4v) is 3.05.